The Hall–Kier alpha value is -2.19. The van der Waals surface area contributed by atoms with Gasteiger partial charge >= 0.3 is 0 Å². The number of sulfone groups is 1. The number of likely N-dealkylation sites (N-methyl/N-ethyl adjacent to an activating group) is 2. The van der Waals surface area contributed by atoms with Crippen LogP contribution in [-0.2, 0) is 28.2 Å². The average Bonchev–Trinajstić information content (AvgIpc) is 2.93. The van der Waals surface area contributed by atoms with Crippen LogP contribution in [0, 0.1) is 0 Å². The van der Waals surface area contributed by atoms with Crippen LogP contribution in [0.4, 0.5) is 0 Å². The predicted octanol–water partition coefficient (Wildman–Crippen LogP) is 0.743. The minimum absolute atomic E-state index is 0.0855. The summed E-state index contributed by atoms with van der Waals surface area (Å²) in [7, 11) is 2.03. The molecule has 0 bridgehead atoms. The van der Waals surface area contributed by atoms with Gasteiger partial charge in [0.25, 0.3) is 0 Å². The molecule has 1 aromatic carbocycles. The topological polar surface area (TPSA) is 84.3 Å². The number of benzene rings is 1. The zero-order valence-corrected chi connectivity index (χ0v) is 15.0. The van der Waals surface area contributed by atoms with Crippen LogP contribution in [-0.4, -0.2) is 49.4 Å². The number of nitrogens with one attached hydrogen (secondary N) is 1. The highest BCUT2D eigenvalue weighted by atomic mass is 32.2. The fourth-order valence-electron chi connectivity index (χ4n) is 2.44. The van der Waals surface area contributed by atoms with Gasteiger partial charge in [-0.05, 0) is 24.7 Å². The Morgan fingerprint density at radius 1 is 1.33 bits per heavy atom. The highest BCUT2D eigenvalue weighted by Gasteiger charge is 2.23. The number of carbonyl (C=O) groups excluding carboxylic acids is 1. The lowest BCUT2D eigenvalue weighted by molar-refractivity contribution is -0.132. The Morgan fingerprint density at radius 2 is 1.96 bits per heavy atom. The van der Waals surface area contributed by atoms with Gasteiger partial charge in [0.1, 0.15) is 6.04 Å². The van der Waals surface area contributed by atoms with Gasteiger partial charge in [0.2, 0.25) is 5.91 Å². The van der Waals surface area contributed by atoms with Gasteiger partial charge in [-0.2, -0.15) is 5.10 Å². The second-order valence-electron chi connectivity index (χ2n) is 5.78. The van der Waals surface area contributed by atoms with Gasteiger partial charge in [0.15, 0.2) is 9.84 Å². The van der Waals surface area contributed by atoms with Gasteiger partial charge in [-0.3, -0.25) is 9.48 Å². The molecule has 1 atom stereocenters. The quantitative estimate of drug-likeness (QED) is 0.831. The molecule has 2 rings (SSSR count). The van der Waals surface area contributed by atoms with Crippen molar-refractivity contribution in [3.8, 4) is 0 Å². The van der Waals surface area contributed by atoms with E-state index >= 15 is 0 Å². The first-order valence-electron chi connectivity index (χ1n) is 7.42. The first-order valence-corrected chi connectivity index (χ1v) is 9.31. The first kappa shape index (κ1) is 18.2. The molecule has 0 saturated carbocycles. The van der Waals surface area contributed by atoms with E-state index in [2.05, 4.69) is 10.4 Å². The van der Waals surface area contributed by atoms with Crippen LogP contribution in [0.5, 0.6) is 0 Å². The lowest BCUT2D eigenvalue weighted by Crippen LogP contribution is -2.37. The Labute approximate surface area is 142 Å². The molecule has 1 heterocycles. The number of hydrogen-bond acceptors (Lipinski definition) is 5. The molecule has 1 amide bonds. The van der Waals surface area contributed by atoms with Crippen molar-refractivity contribution < 1.29 is 13.2 Å². The molecule has 1 aromatic heterocycles. The highest BCUT2D eigenvalue weighted by molar-refractivity contribution is 7.90. The zero-order valence-electron chi connectivity index (χ0n) is 14.2. The molecule has 8 heteroatoms. The van der Waals surface area contributed by atoms with Gasteiger partial charge in [-0.25, -0.2) is 8.42 Å². The van der Waals surface area contributed by atoms with Crippen LogP contribution in [0.25, 0.3) is 0 Å². The molecule has 1 N–H and O–H groups in total. The molecule has 0 spiro atoms. The monoisotopic (exact) mass is 350 g/mol. The maximum absolute atomic E-state index is 12.6. The maximum atomic E-state index is 12.6. The van der Waals surface area contributed by atoms with Crippen LogP contribution >= 0.6 is 0 Å². The van der Waals surface area contributed by atoms with E-state index in [9.17, 15) is 13.2 Å². The van der Waals surface area contributed by atoms with Crippen molar-refractivity contribution in [1.29, 1.82) is 0 Å². The molecular formula is C16H22N4O3S. The molecule has 0 saturated heterocycles. The van der Waals surface area contributed by atoms with Crippen LogP contribution < -0.4 is 5.32 Å². The third kappa shape index (κ3) is 4.21. The highest BCUT2D eigenvalue weighted by Crippen LogP contribution is 2.16. The number of aromatic nitrogens is 2. The van der Waals surface area contributed by atoms with Crippen LogP contribution in [0.15, 0.2) is 41.6 Å². The summed E-state index contributed by atoms with van der Waals surface area (Å²) in [4.78, 5) is 14.5. The van der Waals surface area contributed by atoms with E-state index in [0.717, 1.165) is 11.1 Å². The number of rotatable bonds is 6. The Kier molecular flexibility index (Phi) is 5.40. The second-order valence-corrected chi connectivity index (χ2v) is 7.80. The molecular weight excluding hydrogens is 328 g/mol. The average molecular weight is 350 g/mol. The van der Waals surface area contributed by atoms with Gasteiger partial charge in [-0.15, -0.1) is 0 Å². The maximum Gasteiger partial charge on any atom is 0.244 e. The summed E-state index contributed by atoms with van der Waals surface area (Å²) in [6.45, 7) is 0.390. The van der Waals surface area contributed by atoms with Crippen LogP contribution in [0.2, 0.25) is 0 Å². The standard InChI is InChI=1S/C16H22N4O3S/c1-17-15(13-9-18-20(3)11-13)16(21)19(2)10-12-5-7-14(8-6-12)24(4,22)23/h5-9,11,15,17H,10H2,1-4H3. The van der Waals surface area contributed by atoms with Gasteiger partial charge in [0, 0.05) is 38.7 Å². The van der Waals surface area contributed by atoms with Crippen LogP contribution in [0.3, 0.4) is 0 Å². The number of hydrogen-bond donors (Lipinski definition) is 1. The summed E-state index contributed by atoms with van der Waals surface area (Å²) in [5, 5.41) is 7.10. The molecule has 7 nitrogen and oxygen atoms in total. The molecule has 0 aliphatic heterocycles. The normalized spacial score (nSPS) is 12.8. The van der Waals surface area contributed by atoms with Gasteiger partial charge in [0.05, 0.1) is 11.1 Å². The van der Waals surface area contributed by atoms with Crippen molar-refractivity contribution in [3.63, 3.8) is 0 Å². The van der Waals surface area contributed by atoms with Crippen molar-refractivity contribution in [2.75, 3.05) is 20.4 Å². The van der Waals surface area contributed by atoms with Crippen molar-refractivity contribution in [2.45, 2.75) is 17.5 Å². The van der Waals surface area contributed by atoms with E-state index < -0.39 is 15.9 Å². The number of amides is 1. The van der Waals surface area contributed by atoms with Crippen molar-refractivity contribution >= 4 is 15.7 Å². The third-order valence-corrected chi connectivity index (χ3v) is 4.87. The smallest absolute Gasteiger partial charge is 0.244 e. The molecule has 0 fully saturated rings. The molecule has 0 aliphatic carbocycles. The van der Waals surface area contributed by atoms with Crippen molar-refractivity contribution in [1.82, 2.24) is 20.0 Å². The van der Waals surface area contributed by atoms with Gasteiger partial charge < -0.3 is 10.2 Å². The first-order chi connectivity index (χ1) is 11.2. The Bertz CT molecular complexity index is 812. The molecule has 0 radical (unpaired) electrons. The lowest BCUT2D eigenvalue weighted by Gasteiger charge is -2.23. The van der Waals surface area contributed by atoms with Crippen molar-refractivity contribution in [2.24, 2.45) is 7.05 Å². The Balaban J connectivity index is 2.10. The van der Waals surface area contributed by atoms with E-state index in [1.54, 1.807) is 67.4 Å². The molecule has 130 valence electrons. The number of aryl methyl sites for hydroxylation is 1. The summed E-state index contributed by atoms with van der Waals surface area (Å²) in [5.74, 6) is -0.0855. The summed E-state index contributed by atoms with van der Waals surface area (Å²) in [5.41, 5.74) is 1.66. The van der Waals surface area contributed by atoms with Gasteiger partial charge in [-0.1, -0.05) is 12.1 Å². The third-order valence-electron chi connectivity index (χ3n) is 3.74. The summed E-state index contributed by atoms with van der Waals surface area (Å²) in [6, 6.07) is 6.08. The van der Waals surface area contributed by atoms with E-state index in [4.69, 9.17) is 0 Å². The SMILES string of the molecule is CNC(C(=O)N(C)Cc1ccc(S(C)(=O)=O)cc1)c1cnn(C)c1. The minimum atomic E-state index is -3.22. The summed E-state index contributed by atoms with van der Waals surface area (Å²) < 4.78 is 24.6. The summed E-state index contributed by atoms with van der Waals surface area (Å²) >= 11 is 0. The number of carbonyl (C=O) groups is 1. The fourth-order valence-corrected chi connectivity index (χ4v) is 3.07. The van der Waals surface area contributed by atoms with E-state index in [1.165, 1.54) is 6.26 Å². The molecule has 1 unspecified atom stereocenters. The second kappa shape index (κ2) is 7.14. The lowest BCUT2D eigenvalue weighted by atomic mass is 10.1. The largest absolute Gasteiger partial charge is 0.340 e. The van der Waals surface area contributed by atoms with Crippen molar-refractivity contribution in [3.05, 3.63) is 47.8 Å². The van der Waals surface area contributed by atoms with E-state index in [-0.39, 0.29) is 10.8 Å². The molecule has 2 aromatic rings. The van der Waals surface area contributed by atoms with E-state index in [1.807, 2.05) is 0 Å². The van der Waals surface area contributed by atoms with Crippen LogP contribution in [0.1, 0.15) is 17.2 Å². The predicted molar refractivity (Wildman–Crippen MR) is 91.0 cm³/mol. The zero-order chi connectivity index (χ0) is 17.9. The Morgan fingerprint density at radius 3 is 2.42 bits per heavy atom. The number of nitrogens with zero attached hydrogens (tertiary/aromatic N) is 3. The molecule has 24 heavy (non-hydrogen) atoms. The van der Waals surface area contributed by atoms with E-state index in [0.29, 0.717) is 6.54 Å². The minimum Gasteiger partial charge on any atom is -0.340 e. The summed E-state index contributed by atoms with van der Waals surface area (Å²) in [6.07, 6.45) is 4.63. The molecule has 0 aliphatic rings. The fraction of sp³-hybridized carbons (Fsp3) is 0.375.